The van der Waals surface area contributed by atoms with E-state index in [0.29, 0.717) is 11.8 Å². The molecule has 3 heteroatoms. The summed E-state index contributed by atoms with van der Waals surface area (Å²) in [6, 6.07) is 8.45. The zero-order chi connectivity index (χ0) is 12.0. The van der Waals surface area contributed by atoms with Gasteiger partial charge < -0.3 is 5.32 Å². The summed E-state index contributed by atoms with van der Waals surface area (Å²) in [5.74, 6) is 0.101. The minimum Gasteiger partial charge on any atom is -0.349 e. The van der Waals surface area contributed by atoms with Crippen molar-refractivity contribution >= 4 is 21.8 Å². The van der Waals surface area contributed by atoms with Gasteiger partial charge in [0.15, 0.2) is 0 Å². The largest absolute Gasteiger partial charge is 0.349 e. The first-order valence-electron chi connectivity index (χ1n) is 5.59. The SMILES string of the molecule is CCC(NC(=O)CCBr)c1ccc(C)cc1. The van der Waals surface area contributed by atoms with Gasteiger partial charge in [-0.3, -0.25) is 4.79 Å². The van der Waals surface area contributed by atoms with Crippen LogP contribution in [0.15, 0.2) is 24.3 Å². The fourth-order valence-electron chi connectivity index (χ4n) is 1.57. The predicted molar refractivity (Wildman–Crippen MR) is 70.8 cm³/mol. The maximum absolute atomic E-state index is 11.5. The van der Waals surface area contributed by atoms with Gasteiger partial charge in [0, 0.05) is 11.8 Å². The molecule has 16 heavy (non-hydrogen) atoms. The van der Waals surface area contributed by atoms with Crippen molar-refractivity contribution in [1.29, 1.82) is 0 Å². The molecule has 0 aliphatic rings. The predicted octanol–water partition coefficient (Wildman–Crippen LogP) is 3.35. The lowest BCUT2D eigenvalue weighted by molar-refractivity contribution is -0.121. The van der Waals surface area contributed by atoms with Crippen LogP contribution < -0.4 is 5.32 Å². The zero-order valence-corrected chi connectivity index (χ0v) is 11.4. The molecule has 1 amide bonds. The highest BCUT2D eigenvalue weighted by Gasteiger charge is 2.11. The van der Waals surface area contributed by atoms with Gasteiger partial charge in [0.25, 0.3) is 0 Å². The number of amides is 1. The topological polar surface area (TPSA) is 29.1 Å². The van der Waals surface area contributed by atoms with Gasteiger partial charge in [-0.2, -0.15) is 0 Å². The Kier molecular flexibility index (Phi) is 5.53. The highest BCUT2D eigenvalue weighted by molar-refractivity contribution is 9.09. The Balaban J connectivity index is 2.67. The Morgan fingerprint density at radius 3 is 2.50 bits per heavy atom. The highest BCUT2D eigenvalue weighted by atomic mass is 79.9. The number of hydrogen-bond donors (Lipinski definition) is 1. The van der Waals surface area contributed by atoms with E-state index in [1.165, 1.54) is 11.1 Å². The number of alkyl halides is 1. The molecule has 88 valence electrons. The number of nitrogens with one attached hydrogen (secondary N) is 1. The maximum Gasteiger partial charge on any atom is 0.221 e. The molecule has 0 saturated carbocycles. The molecule has 1 rings (SSSR count). The molecule has 1 aromatic carbocycles. The molecule has 0 radical (unpaired) electrons. The summed E-state index contributed by atoms with van der Waals surface area (Å²) in [4.78, 5) is 11.5. The van der Waals surface area contributed by atoms with Crippen LogP contribution in [0.2, 0.25) is 0 Å². The van der Waals surface area contributed by atoms with Crippen molar-refractivity contribution in [2.75, 3.05) is 5.33 Å². The van der Waals surface area contributed by atoms with Crippen molar-refractivity contribution in [1.82, 2.24) is 5.32 Å². The van der Waals surface area contributed by atoms with Crippen LogP contribution in [-0.4, -0.2) is 11.2 Å². The van der Waals surface area contributed by atoms with Crippen LogP contribution in [-0.2, 0) is 4.79 Å². The van der Waals surface area contributed by atoms with Crippen LogP contribution in [0, 0.1) is 6.92 Å². The van der Waals surface area contributed by atoms with Crippen LogP contribution in [0.1, 0.15) is 36.9 Å². The molecule has 0 heterocycles. The number of carbonyl (C=O) groups excluding carboxylic acids is 1. The standard InChI is InChI=1S/C13H18BrNO/c1-3-12(15-13(16)8-9-14)11-6-4-10(2)5-7-11/h4-7,12H,3,8-9H2,1-2H3,(H,15,16). The van der Waals surface area contributed by atoms with Crippen LogP contribution >= 0.6 is 15.9 Å². The molecule has 1 N–H and O–H groups in total. The van der Waals surface area contributed by atoms with E-state index in [9.17, 15) is 4.79 Å². The van der Waals surface area contributed by atoms with Crippen molar-refractivity contribution in [3.8, 4) is 0 Å². The second kappa shape index (κ2) is 6.69. The number of aryl methyl sites for hydroxylation is 1. The summed E-state index contributed by atoms with van der Waals surface area (Å²) in [7, 11) is 0. The van der Waals surface area contributed by atoms with Gasteiger partial charge in [0.2, 0.25) is 5.91 Å². The smallest absolute Gasteiger partial charge is 0.221 e. The van der Waals surface area contributed by atoms with Gasteiger partial charge in [-0.15, -0.1) is 0 Å². The molecule has 0 aliphatic heterocycles. The molecule has 1 aromatic rings. The molecule has 1 atom stereocenters. The first kappa shape index (κ1) is 13.2. The molecule has 0 bridgehead atoms. The summed E-state index contributed by atoms with van der Waals surface area (Å²) in [5.41, 5.74) is 2.42. The monoisotopic (exact) mass is 283 g/mol. The lowest BCUT2D eigenvalue weighted by Gasteiger charge is -2.17. The molecular weight excluding hydrogens is 266 g/mol. The van der Waals surface area contributed by atoms with Crippen LogP contribution in [0.4, 0.5) is 0 Å². The maximum atomic E-state index is 11.5. The Morgan fingerprint density at radius 2 is 2.00 bits per heavy atom. The molecule has 1 unspecified atom stereocenters. The molecule has 2 nitrogen and oxygen atoms in total. The third-order valence-electron chi connectivity index (χ3n) is 2.54. The Bertz CT molecular complexity index is 334. The van der Waals surface area contributed by atoms with E-state index in [1.807, 2.05) is 0 Å². The first-order valence-corrected chi connectivity index (χ1v) is 6.71. The number of carbonyl (C=O) groups is 1. The van der Waals surface area contributed by atoms with Gasteiger partial charge in [-0.05, 0) is 18.9 Å². The van der Waals surface area contributed by atoms with Gasteiger partial charge >= 0.3 is 0 Å². The average Bonchev–Trinajstić information content (AvgIpc) is 2.27. The molecular formula is C13H18BrNO. The van der Waals surface area contributed by atoms with Crippen molar-refractivity contribution in [2.45, 2.75) is 32.7 Å². The molecule has 0 fully saturated rings. The van der Waals surface area contributed by atoms with Crippen molar-refractivity contribution in [2.24, 2.45) is 0 Å². The molecule has 0 spiro atoms. The third kappa shape index (κ3) is 3.97. The zero-order valence-electron chi connectivity index (χ0n) is 9.79. The minimum atomic E-state index is 0.101. The summed E-state index contributed by atoms with van der Waals surface area (Å²) < 4.78 is 0. The summed E-state index contributed by atoms with van der Waals surface area (Å²) >= 11 is 3.27. The number of benzene rings is 1. The van der Waals surface area contributed by atoms with E-state index in [2.05, 4.69) is 59.4 Å². The van der Waals surface area contributed by atoms with Gasteiger partial charge in [0.1, 0.15) is 0 Å². The summed E-state index contributed by atoms with van der Waals surface area (Å²) in [6.45, 7) is 4.15. The fraction of sp³-hybridized carbons (Fsp3) is 0.462. The minimum absolute atomic E-state index is 0.101. The summed E-state index contributed by atoms with van der Waals surface area (Å²) in [6.07, 6.45) is 1.44. The Labute approximate surface area is 106 Å². The second-order valence-electron chi connectivity index (χ2n) is 3.88. The first-order chi connectivity index (χ1) is 7.67. The third-order valence-corrected chi connectivity index (χ3v) is 2.94. The van der Waals surface area contributed by atoms with E-state index in [1.54, 1.807) is 0 Å². The van der Waals surface area contributed by atoms with Crippen molar-refractivity contribution in [3.63, 3.8) is 0 Å². The quantitative estimate of drug-likeness (QED) is 0.825. The van der Waals surface area contributed by atoms with E-state index >= 15 is 0 Å². The lowest BCUT2D eigenvalue weighted by Crippen LogP contribution is -2.28. The normalized spacial score (nSPS) is 12.2. The number of halogens is 1. The average molecular weight is 284 g/mol. The van der Waals surface area contributed by atoms with E-state index in [-0.39, 0.29) is 11.9 Å². The van der Waals surface area contributed by atoms with E-state index in [4.69, 9.17) is 0 Å². The van der Waals surface area contributed by atoms with Crippen LogP contribution in [0.3, 0.4) is 0 Å². The van der Waals surface area contributed by atoms with E-state index < -0.39 is 0 Å². The Hall–Kier alpha value is -0.830. The van der Waals surface area contributed by atoms with Gasteiger partial charge in [-0.1, -0.05) is 52.7 Å². The highest BCUT2D eigenvalue weighted by Crippen LogP contribution is 2.17. The molecule has 0 aliphatic carbocycles. The Morgan fingerprint density at radius 1 is 1.38 bits per heavy atom. The van der Waals surface area contributed by atoms with Crippen molar-refractivity contribution < 1.29 is 4.79 Å². The fourth-order valence-corrected chi connectivity index (χ4v) is 1.93. The lowest BCUT2D eigenvalue weighted by atomic mass is 10.0. The van der Waals surface area contributed by atoms with Crippen molar-refractivity contribution in [3.05, 3.63) is 35.4 Å². The van der Waals surface area contributed by atoms with E-state index in [0.717, 1.165) is 6.42 Å². The van der Waals surface area contributed by atoms with Crippen LogP contribution in [0.5, 0.6) is 0 Å². The van der Waals surface area contributed by atoms with Gasteiger partial charge in [0.05, 0.1) is 6.04 Å². The van der Waals surface area contributed by atoms with Gasteiger partial charge in [-0.25, -0.2) is 0 Å². The number of rotatable bonds is 5. The summed E-state index contributed by atoms with van der Waals surface area (Å²) in [5, 5.41) is 3.75. The molecule has 0 saturated heterocycles. The number of hydrogen-bond acceptors (Lipinski definition) is 1. The molecule has 0 aromatic heterocycles. The second-order valence-corrected chi connectivity index (χ2v) is 4.67. The van der Waals surface area contributed by atoms with Crippen LogP contribution in [0.25, 0.3) is 0 Å².